The van der Waals surface area contributed by atoms with Crippen LogP contribution in [0.4, 0.5) is 0 Å². The van der Waals surface area contributed by atoms with Crippen LogP contribution in [0.2, 0.25) is 0 Å². The molecule has 0 bridgehead atoms. The maximum Gasteiger partial charge on any atom is 0.222 e. The van der Waals surface area contributed by atoms with Crippen LogP contribution in [0.3, 0.4) is 0 Å². The third-order valence-electron chi connectivity index (χ3n) is 2.35. The normalized spacial score (nSPS) is 9.67. The van der Waals surface area contributed by atoms with Gasteiger partial charge in [0.25, 0.3) is 0 Å². The molecule has 18 heavy (non-hydrogen) atoms. The van der Waals surface area contributed by atoms with Crippen molar-refractivity contribution in [1.82, 2.24) is 4.90 Å². The van der Waals surface area contributed by atoms with Gasteiger partial charge in [0.15, 0.2) is 0 Å². The van der Waals surface area contributed by atoms with Gasteiger partial charge in [-0.1, -0.05) is 15.9 Å². The van der Waals surface area contributed by atoms with E-state index in [0.29, 0.717) is 30.8 Å². The Bertz CT molecular complexity index is 467. The largest absolute Gasteiger partial charge is 0.492 e. The molecule has 0 radical (unpaired) electrons. The van der Waals surface area contributed by atoms with Crippen LogP contribution in [0.25, 0.3) is 0 Å². The minimum Gasteiger partial charge on any atom is -0.492 e. The molecule has 1 rings (SSSR count). The summed E-state index contributed by atoms with van der Waals surface area (Å²) in [5, 5.41) is 8.95. The minimum absolute atomic E-state index is 0.0786. The smallest absolute Gasteiger partial charge is 0.222 e. The molecule has 0 unspecified atom stereocenters. The predicted molar refractivity (Wildman–Crippen MR) is 72.3 cm³/mol. The third kappa shape index (κ3) is 4.38. The molecule has 0 heterocycles. The summed E-state index contributed by atoms with van der Waals surface area (Å²) in [5.74, 6) is 0.632. The molecule has 0 spiro atoms. The lowest BCUT2D eigenvalue weighted by molar-refractivity contribution is -0.128. The van der Waals surface area contributed by atoms with Crippen LogP contribution >= 0.6 is 15.9 Å². The number of amides is 1. The van der Waals surface area contributed by atoms with Crippen molar-refractivity contribution in [1.29, 1.82) is 5.26 Å². The fourth-order valence-corrected chi connectivity index (χ4v) is 1.71. The molecular weight excluding hydrogens is 296 g/mol. The highest BCUT2D eigenvalue weighted by molar-refractivity contribution is 9.10. The number of halogens is 1. The van der Waals surface area contributed by atoms with Gasteiger partial charge in [-0.15, -0.1) is 0 Å². The molecule has 4 nitrogen and oxygen atoms in total. The summed E-state index contributed by atoms with van der Waals surface area (Å²) < 4.78 is 6.34. The van der Waals surface area contributed by atoms with Gasteiger partial charge in [0.05, 0.1) is 12.2 Å². The van der Waals surface area contributed by atoms with Crippen molar-refractivity contribution in [2.75, 3.05) is 20.7 Å². The highest BCUT2D eigenvalue weighted by atomic mass is 79.9. The van der Waals surface area contributed by atoms with Crippen LogP contribution < -0.4 is 4.74 Å². The van der Waals surface area contributed by atoms with E-state index in [1.165, 1.54) is 0 Å². The van der Waals surface area contributed by atoms with Crippen molar-refractivity contribution >= 4 is 21.8 Å². The monoisotopic (exact) mass is 310 g/mol. The van der Waals surface area contributed by atoms with Crippen molar-refractivity contribution in [3.8, 4) is 11.8 Å². The molecule has 0 aliphatic heterocycles. The summed E-state index contributed by atoms with van der Waals surface area (Å²) in [6.45, 7) is 0.426. The Balaban J connectivity index is 2.45. The topological polar surface area (TPSA) is 53.3 Å². The maximum absolute atomic E-state index is 11.3. The summed E-state index contributed by atoms with van der Waals surface area (Å²) in [4.78, 5) is 12.9. The predicted octanol–water partition coefficient (Wildman–Crippen LogP) is 2.57. The molecule has 1 amide bonds. The number of nitrogens with zero attached hydrogens (tertiary/aromatic N) is 2. The highest BCUT2D eigenvalue weighted by Crippen LogP contribution is 2.22. The average Bonchev–Trinajstić information content (AvgIpc) is 2.35. The molecule has 0 fully saturated rings. The van der Waals surface area contributed by atoms with Crippen LogP contribution in [0.15, 0.2) is 22.7 Å². The molecule has 1 aromatic carbocycles. The number of benzene rings is 1. The molecular formula is C13H15BrN2O2. The minimum atomic E-state index is 0.0786. The highest BCUT2D eigenvalue weighted by Gasteiger charge is 2.06. The average molecular weight is 311 g/mol. The lowest BCUT2D eigenvalue weighted by atomic mass is 10.2. The first-order valence-electron chi connectivity index (χ1n) is 5.57. The van der Waals surface area contributed by atoms with E-state index in [-0.39, 0.29) is 5.91 Å². The Kier molecular flexibility index (Phi) is 5.66. The van der Waals surface area contributed by atoms with Crippen LogP contribution in [0.1, 0.15) is 18.4 Å². The second-order valence-electron chi connectivity index (χ2n) is 3.99. The first-order chi connectivity index (χ1) is 8.54. The SMILES string of the molecule is CN(C)C(=O)CCCOc1ccc(Br)cc1C#N. The van der Waals surface area contributed by atoms with Gasteiger partial charge in [-0.2, -0.15) is 5.26 Å². The zero-order valence-electron chi connectivity index (χ0n) is 10.4. The number of hydrogen-bond acceptors (Lipinski definition) is 3. The number of carbonyl (C=O) groups is 1. The molecule has 0 aliphatic carbocycles. The fourth-order valence-electron chi connectivity index (χ4n) is 1.34. The Morgan fingerprint density at radius 2 is 2.22 bits per heavy atom. The number of nitriles is 1. The third-order valence-corrected chi connectivity index (χ3v) is 2.85. The van der Waals surface area contributed by atoms with Crippen LogP contribution in [0, 0.1) is 11.3 Å². The first-order valence-corrected chi connectivity index (χ1v) is 6.36. The van der Waals surface area contributed by atoms with Gasteiger partial charge in [0, 0.05) is 25.0 Å². The van der Waals surface area contributed by atoms with Gasteiger partial charge >= 0.3 is 0 Å². The Labute approximate surface area is 115 Å². The molecule has 5 heteroatoms. The standard InChI is InChI=1S/C13H15BrN2O2/c1-16(2)13(17)4-3-7-18-12-6-5-11(14)8-10(12)9-15/h5-6,8H,3-4,7H2,1-2H3. The van der Waals surface area contributed by atoms with Crippen LogP contribution in [-0.2, 0) is 4.79 Å². The van der Waals surface area contributed by atoms with E-state index in [9.17, 15) is 4.79 Å². The molecule has 0 N–H and O–H groups in total. The van der Waals surface area contributed by atoms with Gasteiger partial charge in [-0.05, 0) is 24.6 Å². The van der Waals surface area contributed by atoms with Crippen molar-refractivity contribution < 1.29 is 9.53 Å². The summed E-state index contributed by atoms with van der Waals surface area (Å²) in [6, 6.07) is 7.35. The number of ether oxygens (including phenoxy) is 1. The number of hydrogen-bond donors (Lipinski definition) is 0. The van der Waals surface area contributed by atoms with E-state index in [1.54, 1.807) is 31.1 Å². The quantitative estimate of drug-likeness (QED) is 0.785. The molecule has 0 saturated carbocycles. The number of carbonyl (C=O) groups excluding carboxylic acids is 1. The van der Waals surface area contributed by atoms with E-state index in [1.807, 2.05) is 6.07 Å². The Morgan fingerprint density at radius 1 is 1.50 bits per heavy atom. The van der Waals surface area contributed by atoms with Gasteiger partial charge < -0.3 is 9.64 Å². The van der Waals surface area contributed by atoms with Crippen molar-refractivity contribution in [2.24, 2.45) is 0 Å². The van der Waals surface area contributed by atoms with Gasteiger partial charge in [0.1, 0.15) is 11.8 Å². The van der Waals surface area contributed by atoms with E-state index >= 15 is 0 Å². The van der Waals surface area contributed by atoms with E-state index in [4.69, 9.17) is 10.00 Å². The molecule has 0 saturated heterocycles. The first kappa shape index (κ1) is 14.5. The van der Waals surface area contributed by atoms with Crippen molar-refractivity contribution in [2.45, 2.75) is 12.8 Å². The summed E-state index contributed by atoms with van der Waals surface area (Å²) >= 11 is 3.30. The zero-order valence-corrected chi connectivity index (χ0v) is 12.0. The van der Waals surface area contributed by atoms with Gasteiger partial charge in [0.2, 0.25) is 5.91 Å². The second kappa shape index (κ2) is 7.02. The summed E-state index contributed by atoms with van der Waals surface area (Å²) in [7, 11) is 3.46. The number of rotatable bonds is 5. The molecule has 96 valence electrons. The van der Waals surface area contributed by atoms with Crippen LogP contribution in [-0.4, -0.2) is 31.5 Å². The molecule has 0 atom stereocenters. The lowest BCUT2D eigenvalue weighted by Crippen LogP contribution is -2.21. The lowest BCUT2D eigenvalue weighted by Gasteiger charge is -2.11. The van der Waals surface area contributed by atoms with Crippen LogP contribution in [0.5, 0.6) is 5.75 Å². The molecule has 0 aliphatic rings. The summed E-state index contributed by atoms with van der Waals surface area (Å²) in [5.41, 5.74) is 0.489. The second-order valence-corrected chi connectivity index (χ2v) is 4.91. The van der Waals surface area contributed by atoms with Gasteiger partial charge in [-0.3, -0.25) is 4.79 Å². The van der Waals surface area contributed by atoms with E-state index < -0.39 is 0 Å². The zero-order chi connectivity index (χ0) is 13.5. The Hall–Kier alpha value is -1.54. The maximum atomic E-state index is 11.3. The Morgan fingerprint density at radius 3 is 2.83 bits per heavy atom. The van der Waals surface area contributed by atoms with E-state index in [0.717, 1.165) is 4.47 Å². The van der Waals surface area contributed by atoms with E-state index in [2.05, 4.69) is 22.0 Å². The summed E-state index contributed by atoms with van der Waals surface area (Å²) in [6.07, 6.45) is 1.09. The molecule has 1 aromatic rings. The van der Waals surface area contributed by atoms with Gasteiger partial charge in [-0.25, -0.2) is 0 Å². The van der Waals surface area contributed by atoms with Crippen molar-refractivity contribution in [3.05, 3.63) is 28.2 Å². The van der Waals surface area contributed by atoms with Crippen molar-refractivity contribution in [3.63, 3.8) is 0 Å². The fraction of sp³-hybridized carbons (Fsp3) is 0.385. The molecule has 0 aromatic heterocycles.